The standard InChI is InChI=1S/C12H13BrClFO/c1-7-4-9(6-16-7)12(14)8-2-3-11(15)10(13)5-8/h2-3,5,7,9,12H,4,6H2,1H3. The molecule has 2 rings (SSSR count). The molecule has 1 aliphatic rings. The molecular formula is C12H13BrClFO. The number of hydrogen-bond donors (Lipinski definition) is 0. The smallest absolute Gasteiger partial charge is 0.137 e. The first-order chi connectivity index (χ1) is 7.58. The van der Waals surface area contributed by atoms with Crippen molar-refractivity contribution in [1.82, 2.24) is 0 Å². The van der Waals surface area contributed by atoms with Gasteiger partial charge in [-0.2, -0.15) is 0 Å². The lowest BCUT2D eigenvalue weighted by Gasteiger charge is -2.16. The molecule has 16 heavy (non-hydrogen) atoms. The van der Waals surface area contributed by atoms with Crippen LogP contribution < -0.4 is 0 Å². The number of halogens is 3. The van der Waals surface area contributed by atoms with E-state index in [1.54, 1.807) is 12.1 Å². The Morgan fingerprint density at radius 2 is 2.31 bits per heavy atom. The van der Waals surface area contributed by atoms with Crippen molar-refractivity contribution in [2.24, 2.45) is 5.92 Å². The summed E-state index contributed by atoms with van der Waals surface area (Å²) in [5.41, 5.74) is 0.942. The molecule has 4 heteroatoms. The first-order valence-corrected chi connectivity index (χ1v) is 6.51. The van der Waals surface area contributed by atoms with E-state index in [1.807, 2.05) is 6.92 Å². The van der Waals surface area contributed by atoms with E-state index in [9.17, 15) is 4.39 Å². The van der Waals surface area contributed by atoms with Crippen LogP contribution in [0.25, 0.3) is 0 Å². The van der Waals surface area contributed by atoms with Crippen LogP contribution in [0.4, 0.5) is 4.39 Å². The number of ether oxygens (including phenoxy) is 1. The topological polar surface area (TPSA) is 9.23 Å². The Balaban J connectivity index is 2.14. The largest absolute Gasteiger partial charge is 0.378 e. The highest BCUT2D eigenvalue weighted by Gasteiger charge is 2.29. The molecule has 88 valence electrons. The summed E-state index contributed by atoms with van der Waals surface area (Å²) in [6.45, 7) is 2.73. The van der Waals surface area contributed by atoms with Crippen molar-refractivity contribution in [3.05, 3.63) is 34.1 Å². The zero-order chi connectivity index (χ0) is 11.7. The van der Waals surface area contributed by atoms with Gasteiger partial charge in [-0.25, -0.2) is 4.39 Å². The van der Waals surface area contributed by atoms with Crippen molar-refractivity contribution < 1.29 is 9.13 Å². The molecule has 0 amide bonds. The zero-order valence-corrected chi connectivity index (χ0v) is 11.3. The molecule has 0 radical (unpaired) electrons. The third-order valence-corrected chi connectivity index (χ3v) is 4.12. The maximum atomic E-state index is 13.1. The summed E-state index contributed by atoms with van der Waals surface area (Å²) in [6.07, 6.45) is 1.23. The van der Waals surface area contributed by atoms with Crippen LogP contribution in [-0.2, 0) is 4.74 Å². The lowest BCUT2D eigenvalue weighted by Crippen LogP contribution is -2.08. The first-order valence-electron chi connectivity index (χ1n) is 5.28. The van der Waals surface area contributed by atoms with Gasteiger partial charge >= 0.3 is 0 Å². The molecule has 1 aromatic rings. The van der Waals surface area contributed by atoms with E-state index in [0.29, 0.717) is 17.0 Å². The van der Waals surface area contributed by atoms with Crippen LogP contribution >= 0.6 is 27.5 Å². The molecule has 1 nitrogen and oxygen atoms in total. The average molecular weight is 308 g/mol. The Morgan fingerprint density at radius 3 is 2.88 bits per heavy atom. The fraction of sp³-hybridized carbons (Fsp3) is 0.500. The van der Waals surface area contributed by atoms with Crippen molar-refractivity contribution in [3.8, 4) is 0 Å². The van der Waals surface area contributed by atoms with Gasteiger partial charge in [-0.15, -0.1) is 11.6 Å². The summed E-state index contributed by atoms with van der Waals surface area (Å²) in [5, 5.41) is -0.109. The molecule has 1 saturated heterocycles. The molecule has 1 aliphatic heterocycles. The average Bonchev–Trinajstić information content (AvgIpc) is 2.68. The number of benzene rings is 1. The third-order valence-electron chi connectivity index (χ3n) is 2.91. The Bertz CT molecular complexity index is 385. The van der Waals surface area contributed by atoms with Gasteiger partial charge in [0.2, 0.25) is 0 Å². The zero-order valence-electron chi connectivity index (χ0n) is 8.92. The minimum atomic E-state index is -0.261. The van der Waals surface area contributed by atoms with Gasteiger partial charge in [0.1, 0.15) is 5.82 Å². The summed E-state index contributed by atoms with van der Waals surface area (Å²) < 4.78 is 19.0. The minimum Gasteiger partial charge on any atom is -0.378 e. The summed E-state index contributed by atoms with van der Waals surface area (Å²) in [6, 6.07) is 4.92. The molecule has 1 aromatic carbocycles. The summed E-state index contributed by atoms with van der Waals surface area (Å²) >= 11 is 9.55. The van der Waals surface area contributed by atoms with Crippen LogP contribution in [-0.4, -0.2) is 12.7 Å². The van der Waals surface area contributed by atoms with E-state index in [4.69, 9.17) is 16.3 Å². The Kier molecular flexibility index (Phi) is 3.88. The molecule has 0 saturated carbocycles. The van der Waals surface area contributed by atoms with E-state index < -0.39 is 0 Å². The van der Waals surface area contributed by atoms with Crippen LogP contribution in [0.1, 0.15) is 24.3 Å². The third kappa shape index (κ3) is 2.58. The number of alkyl halides is 1. The van der Waals surface area contributed by atoms with Gasteiger partial charge in [0.25, 0.3) is 0 Å². The predicted octanol–water partition coefficient (Wildman–Crippen LogP) is 4.29. The Labute approximate surface area is 108 Å². The van der Waals surface area contributed by atoms with Gasteiger partial charge in [-0.05, 0) is 47.0 Å². The lowest BCUT2D eigenvalue weighted by atomic mass is 9.96. The normalized spacial score (nSPS) is 27.0. The molecule has 0 bridgehead atoms. The Hall–Kier alpha value is -0.120. The van der Waals surface area contributed by atoms with Gasteiger partial charge in [0.15, 0.2) is 0 Å². The molecule has 1 heterocycles. The monoisotopic (exact) mass is 306 g/mol. The summed E-state index contributed by atoms with van der Waals surface area (Å²) in [7, 11) is 0. The highest BCUT2D eigenvalue weighted by Crippen LogP contribution is 2.37. The van der Waals surface area contributed by atoms with Gasteiger partial charge in [0, 0.05) is 5.92 Å². The van der Waals surface area contributed by atoms with E-state index in [1.165, 1.54) is 6.07 Å². The van der Waals surface area contributed by atoms with Crippen molar-refractivity contribution in [2.75, 3.05) is 6.61 Å². The van der Waals surface area contributed by atoms with E-state index in [0.717, 1.165) is 12.0 Å². The second-order valence-corrected chi connectivity index (χ2v) is 5.54. The summed E-state index contributed by atoms with van der Waals surface area (Å²) in [5.74, 6) is 0.0534. The number of hydrogen-bond acceptors (Lipinski definition) is 1. The van der Waals surface area contributed by atoms with Crippen LogP contribution in [0.2, 0.25) is 0 Å². The summed E-state index contributed by atoms with van der Waals surface area (Å²) in [4.78, 5) is 0. The molecular weight excluding hydrogens is 294 g/mol. The van der Waals surface area contributed by atoms with Crippen LogP contribution in [0, 0.1) is 11.7 Å². The molecule has 0 aromatic heterocycles. The van der Waals surface area contributed by atoms with E-state index in [-0.39, 0.29) is 17.3 Å². The van der Waals surface area contributed by atoms with Crippen LogP contribution in [0.15, 0.2) is 22.7 Å². The van der Waals surface area contributed by atoms with Crippen molar-refractivity contribution in [2.45, 2.75) is 24.8 Å². The lowest BCUT2D eigenvalue weighted by molar-refractivity contribution is 0.120. The number of rotatable bonds is 2. The fourth-order valence-corrected chi connectivity index (χ4v) is 2.72. The first kappa shape index (κ1) is 12.3. The minimum absolute atomic E-state index is 0.109. The van der Waals surface area contributed by atoms with Gasteiger partial charge in [-0.3, -0.25) is 0 Å². The van der Waals surface area contributed by atoms with Gasteiger partial charge in [0.05, 0.1) is 22.6 Å². The molecule has 3 atom stereocenters. The molecule has 0 spiro atoms. The maximum absolute atomic E-state index is 13.1. The van der Waals surface area contributed by atoms with Crippen molar-refractivity contribution >= 4 is 27.5 Å². The molecule has 0 aliphatic carbocycles. The van der Waals surface area contributed by atoms with Gasteiger partial charge < -0.3 is 4.74 Å². The highest BCUT2D eigenvalue weighted by atomic mass is 79.9. The quantitative estimate of drug-likeness (QED) is 0.741. The predicted molar refractivity (Wildman–Crippen MR) is 66.2 cm³/mol. The maximum Gasteiger partial charge on any atom is 0.137 e. The highest BCUT2D eigenvalue weighted by molar-refractivity contribution is 9.10. The second-order valence-electron chi connectivity index (χ2n) is 4.22. The fourth-order valence-electron chi connectivity index (χ4n) is 2.01. The molecule has 1 fully saturated rings. The van der Waals surface area contributed by atoms with E-state index >= 15 is 0 Å². The van der Waals surface area contributed by atoms with E-state index in [2.05, 4.69) is 15.9 Å². The van der Waals surface area contributed by atoms with Crippen LogP contribution in [0.3, 0.4) is 0 Å². The van der Waals surface area contributed by atoms with Crippen LogP contribution in [0.5, 0.6) is 0 Å². The molecule has 3 unspecified atom stereocenters. The van der Waals surface area contributed by atoms with Crippen molar-refractivity contribution in [1.29, 1.82) is 0 Å². The SMILES string of the molecule is CC1CC(C(Cl)c2ccc(F)c(Br)c2)CO1. The van der Waals surface area contributed by atoms with Gasteiger partial charge in [-0.1, -0.05) is 6.07 Å². The van der Waals surface area contributed by atoms with Crippen molar-refractivity contribution in [3.63, 3.8) is 0 Å². The molecule has 0 N–H and O–H groups in total. The second kappa shape index (κ2) is 5.03. The Morgan fingerprint density at radius 1 is 1.56 bits per heavy atom.